The molecule has 5 nitrogen and oxygen atoms in total. The second-order valence-electron chi connectivity index (χ2n) is 7.57. The molecule has 144 valence electrons. The highest BCUT2D eigenvalue weighted by Gasteiger charge is 2.24. The molecule has 0 amide bonds. The molecule has 1 aliphatic heterocycles. The fraction of sp³-hybridized carbons (Fsp3) is 0.304. The van der Waals surface area contributed by atoms with Crippen LogP contribution in [0, 0.1) is 6.92 Å². The first-order valence-electron chi connectivity index (χ1n) is 9.81. The van der Waals surface area contributed by atoms with Gasteiger partial charge in [-0.2, -0.15) is 0 Å². The van der Waals surface area contributed by atoms with Crippen LogP contribution in [0.25, 0.3) is 0 Å². The van der Waals surface area contributed by atoms with Gasteiger partial charge in [-0.3, -0.25) is 14.8 Å². The summed E-state index contributed by atoms with van der Waals surface area (Å²) in [6.45, 7) is 3.74. The van der Waals surface area contributed by atoms with Crippen molar-refractivity contribution in [1.82, 2.24) is 9.97 Å². The van der Waals surface area contributed by atoms with Crippen LogP contribution in [0.1, 0.15) is 41.0 Å². The van der Waals surface area contributed by atoms with Gasteiger partial charge in [-0.1, -0.05) is 60.2 Å². The van der Waals surface area contributed by atoms with E-state index in [0.29, 0.717) is 23.7 Å². The molecule has 3 aromatic rings. The second-order valence-corrected chi connectivity index (χ2v) is 7.57. The molecule has 1 fully saturated rings. The number of nitrogens with zero attached hydrogens (tertiary/aromatic N) is 1. The molecule has 0 atom stereocenters. The van der Waals surface area contributed by atoms with Gasteiger partial charge in [-0.25, -0.2) is 4.79 Å². The Bertz CT molecular complexity index is 1040. The molecule has 2 N–H and O–H groups in total. The lowest BCUT2D eigenvalue weighted by atomic mass is 9.89. The number of rotatable bonds is 4. The molecule has 0 radical (unpaired) electrons. The van der Waals surface area contributed by atoms with Gasteiger partial charge in [0.25, 0.3) is 5.56 Å². The molecule has 0 unspecified atom stereocenters. The third kappa shape index (κ3) is 3.93. The summed E-state index contributed by atoms with van der Waals surface area (Å²) < 4.78 is 0. The van der Waals surface area contributed by atoms with Crippen molar-refractivity contribution in [2.45, 2.75) is 32.1 Å². The van der Waals surface area contributed by atoms with Crippen LogP contribution < -0.4 is 16.1 Å². The Labute approximate surface area is 164 Å². The Hall–Kier alpha value is -3.08. The average Bonchev–Trinajstić information content (AvgIpc) is 2.71. The highest BCUT2D eigenvalue weighted by atomic mass is 16.2. The van der Waals surface area contributed by atoms with E-state index < -0.39 is 5.69 Å². The van der Waals surface area contributed by atoms with Crippen LogP contribution in [-0.4, -0.2) is 23.1 Å². The summed E-state index contributed by atoms with van der Waals surface area (Å²) in [4.78, 5) is 31.9. The minimum Gasteiger partial charge on any atom is -0.358 e. The van der Waals surface area contributed by atoms with Crippen LogP contribution in [0.2, 0.25) is 0 Å². The van der Waals surface area contributed by atoms with Gasteiger partial charge in [0.2, 0.25) is 0 Å². The summed E-state index contributed by atoms with van der Waals surface area (Å²) >= 11 is 0. The smallest absolute Gasteiger partial charge is 0.327 e. The van der Waals surface area contributed by atoms with E-state index in [0.717, 1.165) is 31.5 Å². The van der Waals surface area contributed by atoms with Crippen molar-refractivity contribution in [3.8, 4) is 0 Å². The first-order valence-corrected chi connectivity index (χ1v) is 9.81. The van der Waals surface area contributed by atoms with E-state index in [2.05, 4.69) is 46.1 Å². The van der Waals surface area contributed by atoms with Gasteiger partial charge in [0.05, 0.1) is 5.56 Å². The van der Waals surface area contributed by atoms with Gasteiger partial charge < -0.3 is 4.90 Å². The van der Waals surface area contributed by atoms with Crippen molar-refractivity contribution >= 4 is 5.82 Å². The number of hydrogen-bond donors (Lipinski definition) is 2. The van der Waals surface area contributed by atoms with Gasteiger partial charge >= 0.3 is 5.69 Å². The molecule has 1 aromatic heterocycles. The number of aromatic nitrogens is 2. The first-order chi connectivity index (χ1) is 13.6. The molecule has 5 heteroatoms. The molecule has 2 heterocycles. The van der Waals surface area contributed by atoms with Crippen LogP contribution in [-0.2, 0) is 6.42 Å². The summed E-state index contributed by atoms with van der Waals surface area (Å²) in [6.07, 6.45) is 2.51. The van der Waals surface area contributed by atoms with Crippen LogP contribution in [0.4, 0.5) is 5.82 Å². The van der Waals surface area contributed by atoms with Crippen LogP contribution in [0.3, 0.4) is 0 Å². The zero-order valence-electron chi connectivity index (χ0n) is 16.1. The number of piperidine rings is 1. The number of benzene rings is 2. The van der Waals surface area contributed by atoms with Crippen molar-refractivity contribution in [3.63, 3.8) is 0 Å². The van der Waals surface area contributed by atoms with E-state index in [9.17, 15) is 9.59 Å². The SMILES string of the molecule is Cc1ccc(C2CCN(c3[nH]c(=O)[nH]c(=O)c3Cc3ccccc3)CC2)cc1. The highest BCUT2D eigenvalue weighted by molar-refractivity contribution is 5.48. The van der Waals surface area contributed by atoms with Crippen LogP contribution >= 0.6 is 0 Å². The van der Waals surface area contributed by atoms with Crippen molar-refractivity contribution in [1.29, 1.82) is 0 Å². The molecule has 4 rings (SSSR count). The van der Waals surface area contributed by atoms with Crippen LogP contribution in [0.5, 0.6) is 0 Å². The third-order valence-electron chi connectivity index (χ3n) is 5.60. The molecule has 1 aliphatic rings. The molecule has 28 heavy (non-hydrogen) atoms. The topological polar surface area (TPSA) is 69.0 Å². The maximum absolute atomic E-state index is 12.5. The Balaban J connectivity index is 1.57. The van der Waals surface area contributed by atoms with E-state index in [1.807, 2.05) is 30.3 Å². The molecular formula is C23H25N3O2. The molecular weight excluding hydrogens is 350 g/mol. The number of aromatic amines is 2. The lowest BCUT2D eigenvalue weighted by Crippen LogP contribution is -2.38. The summed E-state index contributed by atoms with van der Waals surface area (Å²) in [6, 6.07) is 18.6. The highest BCUT2D eigenvalue weighted by Crippen LogP contribution is 2.30. The normalized spacial score (nSPS) is 15.0. The molecule has 0 spiro atoms. The Kier molecular flexibility index (Phi) is 5.15. The minimum absolute atomic E-state index is 0.303. The van der Waals surface area contributed by atoms with Gasteiger partial charge in [0.1, 0.15) is 5.82 Å². The number of H-pyrrole nitrogens is 2. The zero-order chi connectivity index (χ0) is 19.5. The maximum Gasteiger partial charge on any atom is 0.327 e. The number of anilines is 1. The van der Waals surface area contributed by atoms with Crippen molar-refractivity contribution in [2.24, 2.45) is 0 Å². The van der Waals surface area contributed by atoms with Gasteiger partial charge in [0.15, 0.2) is 0 Å². The largest absolute Gasteiger partial charge is 0.358 e. The quantitative estimate of drug-likeness (QED) is 0.735. The van der Waals surface area contributed by atoms with Gasteiger partial charge in [-0.15, -0.1) is 0 Å². The lowest BCUT2D eigenvalue weighted by Gasteiger charge is -2.34. The Morgan fingerprint density at radius 2 is 1.61 bits per heavy atom. The minimum atomic E-state index is -0.447. The second kappa shape index (κ2) is 7.89. The third-order valence-corrected chi connectivity index (χ3v) is 5.60. The number of nitrogens with one attached hydrogen (secondary N) is 2. The average molecular weight is 375 g/mol. The standard InChI is InChI=1S/C23H25N3O2/c1-16-7-9-18(10-8-16)19-11-13-26(14-12-19)21-20(22(27)25-23(28)24-21)15-17-5-3-2-4-6-17/h2-10,19H,11-15H2,1H3,(H2,24,25,27,28). The summed E-state index contributed by atoms with van der Waals surface area (Å²) in [5.74, 6) is 1.18. The van der Waals surface area contributed by atoms with Gasteiger partial charge in [0, 0.05) is 19.5 Å². The maximum atomic E-state index is 12.5. The van der Waals surface area contributed by atoms with Crippen LogP contribution in [0.15, 0.2) is 64.2 Å². The molecule has 1 saturated heterocycles. The van der Waals surface area contributed by atoms with Crippen molar-refractivity contribution < 1.29 is 0 Å². The summed E-state index contributed by atoms with van der Waals surface area (Å²) in [5.41, 5.74) is 3.57. The monoisotopic (exact) mass is 375 g/mol. The van der Waals surface area contributed by atoms with Gasteiger partial charge in [-0.05, 0) is 36.8 Å². The Morgan fingerprint density at radius 1 is 0.929 bits per heavy atom. The van der Waals surface area contributed by atoms with E-state index in [4.69, 9.17) is 0 Å². The molecule has 0 bridgehead atoms. The summed E-state index contributed by atoms with van der Waals surface area (Å²) in [5, 5.41) is 0. The predicted octanol–water partition coefficient (Wildman–Crippen LogP) is 3.35. The lowest BCUT2D eigenvalue weighted by molar-refractivity contribution is 0.501. The van der Waals surface area contributed by atoms with Crippen molar-refractivity contribution in [2.75, 3.05) is 18.0 Å². The first kappa shape index (κ1) is 18.3. The predicted molar refractivity (Wildman–Crippen MR) is 112 cm³/mol. The van der Waals surface area contributed by atoms with E-state index in [-0.39, 0.29) is 5.56 Å². The fourth-order valence-corrected chi connectivity index (χ4v) is 4.01. The summed E-state index contributed by atoms with van der Waals surface area (Å²) in [7, 11) is 0. The molecule has 0 aliphatic carbocycles. The zero-order valence-corrected chi connectivity index (χ0v) is 16.1. The van der Waals surface area contributed by atoms with E-state index in [1.54, 1.807) is 0 Å². The fourth-order valence-electron chi connectivity index (χ4n) is 4.01. The Morgan fingerprint density at radius 3 is 2.29 bits per heavy atom. The number of hydrogen-bond acceptors (Lipinski definition) is 3. The molecule has 2 aromatic carbocycles. The molecule has 0 saturated carbocycles. The van der Waals surface area contributed by atoms with E-state index in [1.165, 1.54) is 11.1 Å². The number of aryl methyl sites for hydroxylation is 1. The van der Waals surface area contributed by atoms with E-state index >= 15 is 0 Å². The van der Waals surface area contributed by atoms with Crippen molar-refractivity contribution in [3.05, 3.63) is 97.7 Å².